The van der Waals surface area contributed by atoms with Crippen molar-refractivity contribution >= 4 is 35.5 Å². The zero-order valence-electron chi connectivity index (χ0n) is 15.3. The van der Waals surface area contributed by atoms with Gasteiger partial charge in [0.1, 0.15) is 0 Å². The Morgan fingerprint density at radius 1 is 0.920 bits per heavy atom. The van der Waals surface area contributed by atoms with E-state index in [-0.39, 0.29) is 10.3 Å². The van der Waals surface area contributed by atoms with Crippen molar-refractivity contribution in [2.75, 3.05) is 6.61 Å². The van der Waals surface area contributed by atoms with Gasteiger partial charge >= 0.3 is 0 Å². The molecule has 0 bridgehead atoms. The molecule has 0 heterocycles. The van der Waals surface area contributed by atoms with Gasteiger partial charge in [-0.3, -0.25) is 4.79 Å². The molecule has 0 amide bonds. The van der Waals surface area contributed by atoms with Crippen molar-refractivity contribution in [2.45, 2.75) is 45.1 Å². The van der Waals surface area contributed by atoms with Crippen LogP contribution in [0, 0.1) is 0 Å². The first-order valence-electron chi connectivity index (χ1n) is 8.81. The summed E-state index contributed by atoms with van der Waals surface area (Å²) >= 11 is 5.44. The molecule has 0 aromatic heterocycles. The van der Waals surface area contributed by atoms with Gasteiger partial charge in [0.05, 0.1) is 0 Å². The third-order valence-electron chi connectivity index (χ3n) is 4.50. The molecule has 2 aromatic rings. The first-order valence-corrected chi connectivity index (χ1v) is 11.1. The molecule has 0 spiro atoms. The highest BCUT2D eigenvalue weighted by molar-refractivity contribution is 6.99. The molecule has 0 unspecified atom stereocenters. The molecule has 2 aromatic carbocycles. The van der Waals surface area contributed by atoms with E-state index < -0.39 is 8.32 Å². The predicted molar refractivity (Wildman–Crippen MR) is 108 cm³/mol. The summed E-state index contributed by atoms with van der Waals surface area (Å²) < 4.78 is 6.73. The van der Waals surface area contributed by atoms with E-state index in [1.165, 1.54) is 10.4 Å². The van der Waals surface area contributed by atoms with E-state index in [2.05, 4.69) is 69.3 Å². The lowest BCUT2D eigenvalue weighted by atomic mass is 10.2. The minimum atomic E-state index is -2.44. The Labute approximate surface area is 157 Å². The molecule has 0 radical (unpaired) electrons. The van der Waals surface area contributed by atoms with E-state index >= 15 is 0 Å². The van der Waals surface area contributed by atoms with E-state index in [0.29, 0.717) is 13.0 Å². The van der Waals surface area contributed by atoms with Crippen molar-refractivity contribution in [2.24, 2.45) is 0 Å². The molecule has 0 saturated carbocycles. The minimum absolute atomic E-state index is 0.0159. The second-order valence-corrected chi connectivity index (χ2v) is 12.1. The van der Waals surface area contributed by atoms with E-state index in [4.69, 9.17) is 16.0 Å². The van der Waals surface area contributed by atoms with Crippen molar-refractivity contribution in [1.29, 1.82) is 0 Å². The fraction of sp³-hybridized carbons (Fsp3) is 0.381. The van der Waals surface area contributed by atoms with Crippen molar-refractivity contribution in [1.82, 2.24) is 0 Å². The summed E-state index contributed by atoms with van der Waals surface area (Å²) in [5.74, 6) is 0. The summed E-state index contributed by atoms with van der Waals surface area (Å²) in [4.78, 5) is 10.9. The molecule has 2 nitrogen and oxygen atoms in total. The van der Waals surface area contributed by atoms with Gasteiger partial charge in [-0.25, -0.2) is 0 Å². The maximum atomic E-state index is 10.9. The van der Waals surface area contributed by atoms with Crippen LogP contribution >= 0.6 is 11.6 Å². The van der Waals surface area contributed by atoms with Crippen LogP contribution in [0.2, 0.25) is 5.04 Å². The Balaban J connectivity index is 2.37. The van der Waals surface area contributed by atoms with E-state index in [0.717, 1.165) is 12.8 Å². The number of rotatable bonds is 8. The summed E-state index contributed by atoms with van der Waals surface area (Å²) in [6, 6.07) is 21.2. The number of unbranched alkanes of at least 4 members (excludes halogenated alkanes) is 1. The van der Waals surface area contributed by atoms with Crippen LogP contribution in [0.15, 0.2) is 60.7 Å². The van der Waals surface area contributed by atoms with Crippen LogP contribution in [-0.2, 0) is 9.22 Å². The van der Waals surface area contributed by atoms with Gasteiger partial charge in [-0.15, -0.1) is 0 Å². The molecular formula is C21H27ClO2Si. The molecule has 0 fully saturated rings. The lowest BCUT2D eigenvalue weighted by Gasteiger charge is -2.43. The van der Waals surface area contributed by atoms with Gasteiger partial charge in [0.2, 0.25) is 5.24 Å². The van der Waals surface area contributed by atoms with Crippen LogP contribution in [0.5, 0.6) is 0 Å². The number of carbonyl (C=O) groups is 1. The zero-order valence-corrected chi connectivity index (χ0v) is 17.1. The molecule has 134 valence electrons. The maximum absolute atomic E-state index is 10.9. The SMILES string of the molecule is CC(C)(C)[Si](OCCCCC(=O)Cl)(c1ccccc1)c1ccccc1. The normalized spacial score (nSPS) is 12.2. The average Bonchev–Trinajstić information content (AvgIpc) is 2.58. The van der Waals surface area contributed by atoms with Crippen molar-refractivity contribution in [3.8, 4) is 0 Å². The Kier molecular flexibility index (Phi) is 7.00. The van der Waals surface area contributed by atoms with Gasteiger partial charge in [0.25, 0.3) is 8.32 Å². The van der Waals surface area contributed by atoms with Crippen LogP contribution in [0.4, 0.5) is 0 Å². The van der Waals surface area contributed by atoms with Gasteiger partial charge in [0, 0.05) is 13.0 Å². The quantitative estimate of drug-likeness (QED) is 0.386. The Morgan fingerprint density at radius 3 is 1.80 bits per heavy atom. The summed E-state index contributed by atoms with van der Waals surface area (Å²) in [5, 5.41) is 2.27. The monoisotopic (exact) mass is 374 g/mol. The minimum Gasteiger partial charge on any atom is -0.407 e. The van der Waals surface area contributed by atoms with E-state index in [1.807, 2.05) is 12.1 Å². The maximum Gasteiger partial charge on any atom is 0.261 e. The second kappa shape index (κ2) is 8.79. The smallest absolute Gasteiger partial charge is 0.261 e. The van der Waals surface area contributed by atoms with Crippen LogP contribution < -0.4 is 10.4 Å². The summed E-state index contributed by atoms with van der Waals surface area (Å²) in [6.45, 7) is 7.43. The van der Waals surface area contributed by atoms with Gasteiger partial charge in [-0.2, -0.15) is 0 Å². The predicted octanol–water partition coefficient (Wildman–Crippen LogP) is 4.50. The van der Waals surface area contributed by atoms with E-state index in [9.17, 15) is 4.79 Å². The molecule has 0 aliphatic rings. The molecule has 25 heavy (non-hydrogen) atoms. The molecule has 0 saturated heterocycles. The fourth-order valence-electron chi connectivity index (χ4n) is 3.35. The zero-order chi connectivity index (χ0) is 18.3. The van der Waals surface area contributed by atoms with Crippen molar-refractivity contribution in [3.63, 3.8) is 0 Å². The van der Waals surface area contributed by atoms with Crippen LogP contribution in [-0.4, -0.2) is 20.2 Å². The van der Waals surface area contributed by atoms with Gasteiger partial charge in [-0.05, 0) is 39.9 Å². The highest BCUT2D eigenvalue weighted by Crippen LogP contribution is 2.36. The average molecular weight is 375 g/mol. The third-order valence-corrected chi connectivity index (χ3v) is 9.73. The van der Waals surface area contributed by atoms with Gasteiger partial charge in [-0.1, -0.05) is 81.4 Å². The van der Waals surface area contributed by atoms with Crippen LogP contribution in [0.3, 0.4) is 0 Å². The molecule has 2 rings (SSSR count). The number of carbonyl (C=O) groups excluding carboxylic acids is 1. The lowest BCUT2D eigenvalue weighted by molar-refractivity contribution is -0.111. The first kappa shape index (κ1) is 19.9. The lowest BCUT2D eigenvalue weighted by Crippen LogP contribution is -2.66. The molecule has 4 heteroatoms. The second-order valence-electron chi connectivity index (χ2n) is 7.32. The van der Waals surface area contributed by atoms with Crippen LogP contribution in [0.1, 0.15) is 40.0 Å². The van der Waals surface area contributed by atoms with Gasteiger partial charge < -0.3 is 4.43 Å². The highest BCUT2D eigenvalue weighted by atomic mass is 35.5. The first-order chi connectivity index (χ1) is 11.9. The highest BCUT2D eigenvalue weighted by Gasteiger charge is 2.49. The number of hydrogen-bond acceptors (Lipinski definition) is 2. The largest absolute Gasteiger partial charge is 0.407 e. The number of halogens is 1. The number of hydrogen-bond donors (Lipinski definition) is 0. The van der Waals surface area contributed by atoms with E-state index in [1.54, 1.807) is 0 Å². The molecular weight excluding hydrogens is 348 g/mol. The molecule has 0 aliphatic carbocycles. The summed E-state index contributed by atoms with van der Waals surface area (Å²) in [5.41, 5.74) is 0. The molecule has 0 N–H and O–H groups in total. The summed E-state index contributed by atoms with van der Waals surface area (Å²) in [6.07, 6.45) is 2.01. The Hall–Kier alpha value is -1.42. The molecule has 0 aliphatic heterocycles. The third kappa shape index (κ3) is 4.81. The Morgan fingerprint density at radius 2 is 1.40 bits per heavy atom. The Bertz CT molecular complexity index is 626. The van der Waals surface area contributed by atoms with Crippen molar-refractivity contribution < 1.29 is 9.22 Å². The molecule has 0 atom stereocenters. The topological polar surface area (TPSA) is 26.3 Å². The standard InChI is InChI=1S/C21H27ClO2Si/c1-21(2,3)25(18-12-6-4-7-13-18,19-14-8-5-9-15-19)24-17-11-10-16-20(22)23/h4-9,12-15H,10-11,16-17H2,1-3H3. The van der Waals surface area contributed by atoms with Crippen LogP contribution in [0.25, 0.3) is 0 Å². The summed E-state index contributed by atoms with van der Waals surface area (Å²) in [7, 11) is -2.44. The van der Waals surface area contributed by atoms with Gasteiger partial charge in [0.15, 0.2) is 0 Å². The number of benzene rings is 2. The fourth-order valence-corrected chi connectivity index (χ4v) is 8.09. The van der Waals surface area contributed by atoms with Crippen molar-refractivity contribution in [3.05, 3.63) is 60.7 Å².